The third kappa shape index (κ3) is 2.18. The Balaban J connectivity index is 2.22. The van der Waals surface area contributed by atoms with E-state index in [1.54, 1.807) is 0 Å². The molecule has 1 nitrogen and oxygen atoms in total. The molecule has 0 amide bonds. The molecule has 0 bridgehead atoms. The number of aryl methyl sites for hydroxylation is 2. The van der Waals surface area contributed by atoms with Crippen molar-refractivity contribution < 1.29 is 0 Å². The second-order valence-electron chi connectivity index (χ2n) is 3.51. The third-order valence-corrected chi connectivity index (χ3v) is 2.52. The van der Waals surface area contributed by atoms with Crippen LogP contribution in [0.1, 0.15) is 30.5 Å². The minimum Gasteiger partial charge on any atom is -0.261 e. The topological polar surface area (TPSA) is 12.9 Å². The number of hydrogen-bond donors (Lipinski definition) is 0. The van der Waals surface area contributed by atoms with Gasteiger partial charge in [0.25, 0.3) is 0 Å². The molecule has 0 saturated heterocycles. The summed E-state index contributed by atoms with van der Waals surface area (Å²) in [4.78, 5) is 4.43. The fourth-order valence-corrected chi connectivity index (χ4v) is 1.79. The van der Waals surface area contributed by atoms with Gasteiger partial charge in [0.1, 0.15) is 0 Å². The van der Waals surface area contributed by atoms with Crippen LogP contribution in [0.5, 0.6) is 0 Å². The number of hydrogen-bond acceptors (Lipinski definition) is 1. The minimum atomic E-state index is 1.14. The lowest BCUT2D eigenvalue weighted by Gasteiger charge is -2.04. The van der Waals surface area contributed by atoms with Crippen molar-refractivity contribution in [2.45, 2.75) is 32.1 Å². The van der Waals surface area contributed by atoms with Crippen LogP contribution in [-0.2, 0) is 12.8 Å². The smallest absolute Gasteiger partial charge is 0.0435 e. The standard InChI is InChI=1S/C12H15N/c1-2-4-7-11-8-6-10-13-12(11)9-5-3-1/h1-2,6,8,10H,3-5,7,9H2. The van der Waals surface area contributed by atoms with E-state index in [4.69, 9.17) is 0 Å². The summed E-state index contributed by atoms with van der Waals surface area (Å²) < 4.78 is 0. The first-order chi connectivity index (χ1) is 6.47. The minimum absolute atomic E-state index is 1.14. The molecule has 0 saturated carbocycles. The average Bonchev–Trinajstić information content (AvgIpc) is 2.28. The van der Waals surface area contributed by atoms with Gasteiger partial charge in [-0.2, -0.15) is 0 Å². The maximum atomic E-state index is 4.43. The van der Waals surface area contributed by atoms with E-state index < -0.39 is 0 Å². The van der Waals surface area contributed by atoms with Crippen molar-refractivity contribution >= 4 is 0 Å². The summed E-state index contributed by atoms with van der Waals surface area (Å²) in [6.07, 6.45) is 12.4. The van der Waals surface area contributed by atoms with Crippen LogP contribution < -0.4 is 0 Å². The molecule has 1 heteroatoms. The lowest BCUT2D eigenvalue weighted by Crippen LogP contribution is -1.96. The van der Waals surface area contributed by atoms with Crippen LogP contribution in [0.25, 0.3) is 0 Å². The monoisotopic (exact) mass is 173 g/mol. The van der Waals surface area contributed by atoms with Crippen molar-refractivity contribution in [1.29, 1.82) is 0 Å². The first-order valence-electron chi connectivity index (χ1n) is 5.04. The highest BCUT2D eigenvalue weighted by molar-refractivity contribution is 5.21. The van der Waals surface area contributed by atoms with Crippen molar-refractivity contribution in [2.75, 3.05) is 0 Å². The molecular formula is C12H15N. The predicted molar refractivity (Wildman–Crippen MR) is 54.6 cm³/mol. The molecule has 68 valence electrons. The molecule has 0 unspecified atom stereocenters. The Kier molecular flexibility index (Phi) is 2.75. The molecule has 1 heterocycles. The number of rotatable bonds is 0. The quantitative estimate of drug-likeness (QED) is 0.550. The Morgan fingerprint density at radius 1 is 1.08 bits per heavy atom. The molecule has 0 fully saturated rings. The van der Waals surface area contributed by atoms with Crippen LogP contribution in [0.2, 0.25) is 0 Å². The van der Waals surface area contributed by atoms with E-state index in [1.807, 2.05) is 12.3 Å². The predicted octanol–water partition coefficient (Wildman–Crippen LogP) is 2.91. The van der Waals surface area contributed by atoms with Gasteiger partial charge in [-0.05, 0) is 43.7 Å². The Hall–Kier alpha value is -1.11. The largest absolute Gasteiger partial charge is 0.261 e. The summed E-state index contributed by atoms with van der Waals surface area (Å²) in [7, 11) is 0. The number of nitrogens with zero attached hydrogens (tertiary/aromatic N) is 1. The van der Waals surface area contributed by atoms with Crippen LogP contribution in [-0.4, -0.2) is 4.98 Å². The van der Waals surface area contributed by atoms with Crippen molar-refractivity contribution in [2.24, 2.45) is 0 Å². The Morgan fingerprint density at radius 3 is 3.00 bits per heavy atom. The highest BCUT2D eigenvalue weighted by Gasteiger charge is 2.03. The van der Waals surface area contributed by atoms with Gasteiger partial charge in [-0.3, -0.25) is 4.98 Å². The van der Waals surface area contributed by atoms with Crippen LogP contribution in [0.3, 0.4) is 0 Å². The van der Waals surface area contributed by atoms with Gasteiger partial charge in [-0.1, -0.05) is 18.2 Å². The van der Waals surface area contributed by atoms with Crippen molar-refractivity contribution in [1.82, 2.24) is 4.98 Å². The Labute approximate surface area is 79.5 Å². The van der Waals surface area contributed by atoms with Crippen molar-refractivity contribution in [3.63, 3.8) is 0 Å². The molecule has 0 N–H and O–H groups in total. The molecule has 0 spiro atoms. The van der Waals surface area contributed by atoms with E-state index >= 15 is 0 Å². The average molecular weight is 173 g/mol. The lowest BCUT2D eigenvalue weighted by molar-refractivity contribution is 0.808. The molecule has 0 radical (unpaired) electrons. The molecule has 0 aromatic carbocycles. The fraction of sp³-hybridized carbons (Fsp3) is 0.417. The fourth-order valence-electron chi connectivity index (χ4n) is 1.79. The molecule has 1 aromatic heterocycles. The summed E-state index contributed by atoms with van der Waals surface area (Å²) in [6, 6.07) is 4.25. The van der Waals surface area contributed by atoms with Gasteiger partial charge in [-0.25, -0.2) is 0 Å². The van der Waals surface area contributed by atoms with E-state index in [0.717, 1.165) is 12.8 Å². The van der Waals surface area contributed by atoms with Crippen LogP contribution in [0, 0.1) is 0 Å². The highest BCUT2D eigenvalue weighted by Crippen LogP contribution is 2.14. The molecule has 2 rings (SSSR count). The number of aromatic nitrogens is 1. The second-order valence-corrected chi connectivity index (χ2v) is 3.51. The van der Waals surface area contributed by atoms with E-state index in [2.05, 4.69) is 23.2 Å². The molecule has 0 aliphatic heterocycles. The van der Waals surface area contributed by atoms with Gasteiger partial charge in [0.15, 0.2) is 0 Å². The molecule has 1 aliphatic rings. The molecule has 1 aromatic rings. The summed E-state index contributed by atoms with van der Waals surface area (Å²) in [5, 5.41) is 0. The van der Waals surface area contributed by atoms with Gasteiger partial charge in [0, 0.05) is 11.9 Å². The van der Waals surface area contributed by atoms with Crippen LogP contribution in [0.15, 0.2) is 30.5 Å². The highest BCUT2D eigenvalue weighted by atomic mass is 14.7. The van der Waals surface area contributed by atoms with Gasteiger partial charge in [-0.15, -0.1) is 0 Å². The van der Waals surface area contributed by atoms with Gasteiger partial charge in [0.2, 0.25) is 0 Å². The van der Waals surface area contributed by atoms with E-state index in [-0.39, 0.29) is 0 Å². The van der Waals surface area contributed by atoms with Crippen molar-refractivity contribution in [3.05, 3.63) is 41.7 Å². The molecule has 13 heavy (non-hydrogen) atoms. The number of allylic oxidation sites excluding steroid dienone is 2. The number of pyridine rings is 1. The second kappa shape index (κ2) is 4.22. The van der Waals surface area contributed by atoms with E-state index in [9.17, 15) is 0 Å². The van der Waals surface area contributed by atoms with Gasteiger partial charge >= 0.3 is 0 Å². The van der Waals surface area contributed by atoms with Crippen LogP contribution >= 0.6 is 0 Å². The van der Waals surface area contributed by atoms with E-state index in [1.165, 1.54) is 30.5 Å². The normalized spacial score (nSPS) is 16.9. The van der Waals surface area contributed by atoms with Gasteiger partial charge < -0.3 is 0 Å². The van der Waals surface area contributed by atoms with Crippen molar-refractivity contribution in [3.8, 4) is 0 Å². The SMILES string of the molecule is C1=CCCc2cccnc2CCC1. The summed E-state index contributed by atoms with van der Waals surface area (Å²) in [5.74, 6) is 0. The van der Waals surface area contributed by atoms with Crippen LogP contribution in [0.4, 0.5) is 0 Å². The Morgan fingerprint density at radius 2 is 2.00 bits per heavy atom. The first kappa shape index (κ1) is 8.49. The first-order valence-corrected chi connectivity index (χ1v) is 5.04. The zero-order valence-electron chi connectivity index (χ0n) is 7.87. The molecular weight excluding hydrogens is 158 g/mol. The van der Waals surface area contributed by atoms with Gasteiger partial charge in [0.05, 0.1) is 0 Å². The zero-order chi connectivity index (χ0) is 8.93. The summed E-state index contributed by atoms with van der Waals surface area (Å²) in [5.41, 5.74) is 2.75. The van der Waals surface area contributed by atoms with E-state index in [0.29, 0.717) is 0 Å². The maximum Gasteiger partial charge on any atom is 0.0435 e. The summed E-state index contributed by atoms with van der Waals surface area (Å²) in [6.45, 7) is 0. The maximum absolute atomic E-state index is 4.43. The lowest BCUT2D eigenvalue weighted by atomic mass is 10.1. The summed E-state index contributed by atoms with van der Waals surface area (Å²) >= 11 is 0. The Bertz CT molecular complexity index is 302. The number of fused-ring (bicyclic) bond motifs is 1. The zero-order valence-corrected chi connectivity index (χ0v) is 7.87. The molecule has 1 aliphatic carbocycles. The third-order valence-electron chi connectivity index (χ3n) is 2.52. The molecule has 0 atom stereocenters.